The van der Waals surface area contributed by atoms with E-state index in [9.17, 15) is 0 Å². The number of rotatable bonds is 4. The molecule has 0 aromatic heterocycles. The third-order valence-corrected chi connectivity index (χ3v) is 17.7. The van der Waals surface area contributed by atoms with Crippen molar-refractivity contribution in [1.29, 1.82) is 0 Å². The van der Waals surface area contributed by atoms with Gasteiger partial charge >= 0.3 is 0 Å². The number of hydrogen-bond acceptors (Lipinski definition) is 0. The molecule has 1 heteroatoms. The van der Waals surface area contributed by atoms with Crippen molar-refractivity contribution in [3.05, 3.63) is 60.2 Å². The van der Waals surface area contributed by atoms with E-state index in [0.29, 0.717) is 0 Å². The Bertz CT molecular complexity index is 1020. The molecule has 0 spiro atoms. The van der Waals surface area contributed by atoms with E-state index in [1.54, 1.807) is 12.0 Å². The SMILES string of the molecule is CC1CC([Si](C)(C)C2CCC3C2CC2CCCC2C3c2ccccc2-c2ccccc2)C(C)C1C. The Morgan fingerprint density at radius 2 is 1.40 bits per heavy atom. The molecular weight excluding hydrogens is 436 g/mol. The van der Waals surface area contributed by atoms with E-state index in [4.69, 9.17) is 0 Å². The lowest BCUT2D eigenvalue weighted by atomic mass is 9.61. The molecule has 2 aromatic rings. The fraction of sp³-hybridized carbons (Fsp3) is 0.647. The zero-order chi connectivity index (χ0) is 24.3. The summed E-state index contributed by atoms with van der Waals surface area (Å²) in [6, 6.07) is 20.8. The molecule has 2 aromatic carbocycles. The molecular formula is C34H48Si. The molecule has 4 saturated carbocycles. The summed E-state index contributed by atoms with van der Waals surface area (Å²) in [4.78, 5) is 0. The maximum Gasteiger partial charge on any atom is 0.0541 e. The van der Waals surface area contributed by atoms with Gasteiger partial charge < -0.3 is 0 Å². The first-order valence-corrected chi connectivity index (χ1v) is 18.2. The minimum absolute atomic E-state index is 0.784. The van der Waals surface area contributed by atoms with Crippen LogP contribution in [-0.2, 0) is 0 Å². The van der Waals surface area contributed by atoms with Crippen LogP contribution < -0.4 is 0 Å². The standard InChI is InChI=1S/C34H48Si/c1-22-20-33(24(3)23(22)2)35(4,5)32-19-18-30-31(32)21-26-14-11-17-28(26)34(30)29-16-10-9-15-27(29)25-12-7-6-8-13-25/h6-10,12-13,15-16,22-24,26,28,30-34H,11,14,17-21H2,1-5H3. The molecule has 188 valence electrons. The summed E-state index contributed by atoms with van der Waals surface area (Å²) >= 11 is 0. The molecule has 0 amide bonds. The number of hydrogen-bond donors (Lipinski definition) is 0. The molecule has 0 saturated heterocycles. The van der Waals surface area contributed by atoms with Gasteiger partial charge in [0, 0.05) is 0 Å². The van der Waals surface area contributed by atoms with E-state index in [-0.39, 0.29) is 0 Å². The van der Waals surface area contributed by atoms with Crippen molar-refractivity contribution in [2.24, 2.45) is 41.4 Å². The zero-order valence-electron chi connectivity index (χ0n) is 22.9. The van der Waals surface area contributed by atoms with E-state index in [0.717, 1.165) is 58.4 Å². The largest absolute Gasteiger partial charge is 0.0689 e. The molecule has 4 aliphatic rings. The molecule has 0 aliphatic heterocycles. The van der Waals surface area contributed by atoms with Crippen molar-refractivity contribution in [3.8, 4) is 11.1 Å². The van der Waals surface area contributed by atoms with Crippen LogP contribution in [-0.4, -0.2) is 8.07 Å². The maximum atomic E-state index is 2.83. The molecule has 0 radical (unpaired) electrons. The predicted molar refractivity (Wildman–Crippen MR) is 153 cm³/mol. The van der Waals surface area contributed by atoms with Crippen molar-refractivity contribution in [3.63, 3.8) is 0 Å². The van der Waals surface area contributed by atoms with Gasteiger partial charge in [0.25, 0.3) is 0 Å². The van der Waals surface area contributed by atoms with Crippen LogP contribution in [0.3, 0.4) is 0 Å². The molecule has 0 heterocycles. The van der Waals surface area contributed by atoms with Crippen molar-refractivity contribution >= 4 is 8.07 Å². The van der Waals surface area contributed by atoms with Gasteiger partial charge in [-0.05, 0) is 101 Å². The Morgan fingerprint density at radius 1 is 0.657 bits per heavy atom. The third kappa shape index (κ3) is 3.90. The van der Waals surface area contributed by atoms with Gasteiger partial charge in [-0.15, -0.1) is 0 Å². The predicted octanol–water partition coefficient (Wildman–Crippen LogP) is 10.0. The lowest BCUT2D eigenvalue weighted by molar-refractivity contribution is 0.121. The monoisotopic (exact) mass is 484 g/mol. The summed E-state index contributed by atoms with van der Waals surface area (Å²) in [6.07, 6.45) is 10.6. The molecule has 4 aliphatic carbocycles. The summed E-state index contributed by atoms with van der Waals surface area (Å²) < 4.78 is 0. The lowest BCUT2D eigenvalue weighted by Crippen LogP contribution is -2.45. The molecule has 6 rings (SSSR count). The molecule has 0 nitrogen and oxygen atoms in total. The van der Waals surface area contributed by atoms with Crippen LogP contribution in [0.25, 0.3) is 11.1 Å². The molecule has 10 unspecified atom stereocenters. The Morgan fingerprint density at radius 3 is 2.14 bits per heavy atom. The Balaban J connectivity index is 1.37. The normalized spacial score (nSPS) is 41.1. The van der Waals surface area contributed by atoms with Crippen LogP contribution in [0.2, 0.25) is 24.2 Å². The third-order valence-electron chi connectivity index (χ3n) is 12.4. The van der Waals surface area contributed by atoms with Crippen molar-refractivity contribution in [1.82, 2.24) is 0 Å². The highest BCUT2D eigenvalue weighted by molar-refractivity contribution is 6.80. The van der Waals surface area contributed by atoms with E-state index in [2.05, 4.69) is 88.5 Å². The average Bonchev–Trinajstić information content (AvgIpc) is 3.58. The van der Waals surface area contributed by atoms with Gasteiger partial charge in [-0.1, -0.05) is 108 Å². The molecule has 10 atom stereocenters. The Hall–Kier alpha value is -1.34. The Labute approximate surface area is 216 Å². The minimum atomic E-state index is -1.34. The van der Waals surface area contributed by atoms with Crippen LogP contribution in [0, 0.1) is 41.4 Å². The topological polar surface area (TPSA) is 0 Å². The maximum absolute atomic E-state index is 2.83. The summed E-state index contributed by atoms with van der Waals surface area (Å²) in [7, 11) is -1.34. The van der Waals surface area contributed by atoms with Crippen LogP contribution in [0.4, 0.5) is 0 Å². The summed E-state index contributed by atoms with van der Waals surface area (Å²) in [6.45, 7) is 13.4. The van der Waals surface area contributed by atoms with Gasteiger partial charge in [-0.2, -0.15) is 0 Å². The molecule has 4 fully saturated rings. The fourth-order valence-electron chi connectivity index (χ4n) is 10.4. The van der Waals surface area contributed by atoms with E-state index >= 15 is 0 Å². The smallest absolute Gasteiger partial charge is 0.0541 e. The number of fused-ring (bicyclic) bond motifs is 2. The van der Waals surface area contributed by atoms with Gasteiger partial charge in [0.05, 0.1) is 8.07 Å². The average molecular weight is 485 g/mol. The fourth-order valence-corrected chi connectivity index (χ4v) is 16.0. The minimum Gasteiger partial charge on any atom is -0.0689 e. The van der Waals surface area contributed by atoms with Gasteiger partial charge in [0.2, 0.25) is 0 Å². The highest BCUT2D eigenvalue weighted by atomic mass is 28.3. The van der Waals surface area contributed by atoms with Crippen molar-refractivity contribution in [2.75, 3.05) is 0 Å². The van der Waals surface area contributed by atoms with Crippen LogP contribution in [0.15, 0.2) is 54.6 Å². The molecule has 35 heavy (non-hydrogen) atoms. The molecule has 0 N–H and O–H groups in total. The Kier molecular flexibility index (Phi) is 6.31. The molecule has 0 bridgehead atoms. The van der Waals surface area contributed by atoms with Crippen LogP contribution in [0.5, 0.6) is 0 Å². The highest BCUT2D eigenvalue weighted by Crippen LogP contribution is 2.66. The summed E-state index contributed by atoms with van der Waals surface area (Å²) in [5.74, 6) is 7.37. The summed E-state index contributed by atoms with van der Waals surface area (Å²) in [5.41, 5.74) is 6.73. The van der Waals surface area contributed by atoms with Gasteiger partial charge in [0.1, 0.15) is 0 Å². The lowest BCUT2D eigenvalue weighted by Gasteiger charge is -2.49. The van der Waals surface area contributed by atoms with E-state index in [1.807, 2.05) is 0 Å². The first kappa shape index (κ1) is 24.0. The summed E-state index contributed by atoms with van der Waals surface area (Å²) in [5, 5.41) is 0. The second-order valence-corrected chi connectivity index (χ2v) is 19.1. The number of benzene rings is 2. The first-order valence-electron chi connectivity index (χ1n) is 15.0. The van der Waals surface area contributed by atoms with Gasteiger partial charge in [0.15, 0.2) is 0 Å². The van der Waals surface area contributed by atoms with Gasteiger partial charge in [-0.25, -0.2) is 0 Å². The van der Waals surface area contributed by atoms with Gasteiger partial charge in [-0.3, -0.25) is 0 Å². The first-order chi connectivity index (χ1) is 16.9. The van der Waals surface area contributed by atoms with E-state index < -0.39 is 8.07 Å². The quantitative estimate of drug-likeness (QED) is 0.379. The second kappa shape index (κ2) is 9.20. The zero-order valence-corrected chi connectivity index (χ0v) is 23.9. The van der Waals surface area contributed by atoms with Crippen LogP contribution in [0.1, 0.15) is 77.2 Å². The van der Waals surface area contributed by atoms with Crippen molar-refractivity contribution < 1.29 is 0 Å². The van der Waals surface area contributed by atoms with E-state index in [1.165, 1.54) is 49.7 Å². The second-order valence-electron chi connectivity index (χ2n) is 13.9. The highest BCUT2D eigenvalue weighted by Gasteiger charge is 2.57. The van der Waals surface area contributed by atoms with Crippen LogP contribution >= 0.6 is 0 Å². The van der Waals surface area contributed by atoms with Crippen molar-refractivity contribution in [2.45, 2.75) is 95.8 Å².